The number of primary amides is 1. The van der Waals surface area contributed by atoms with Gasteiger partial charge in [-0.2, -0.15) is 0 Å². The molecule has 0 aromatic heterocycles. The lowest BCUT2D eigenvalue weighted by molar-refractivity contribution is -0.118. The number of carbonyl (C=O) groups excluding carboxylic acids is 1. The van der Waals surface area contributed by atoms with Crippen LogP contribution >= 0.6 is 11.6 Å². The lowest BCUT2D eigenvalue weighted by Crippen LogP contribution is -2.16. The van der Waals surface area contributed by atoms with Crippen LogP contribution in [-0.2, 0) is 11.3 Å². The molecule has 17 heavy (non-hydrogen) atoms. The fourth-order valence-electron chi connectivity index (χ4n) is 1.47. The number of nitrogens with one attached hydrogen (secondary N) is 1. The molecule has 0 saturated heterocycles. The van der Waals surface area contributed by atoms with E-state index < -0.39 is 0 Å². The fourth-order valence-corrected chi connectivity index (χ4v) is 1.66. The van der Waals surface area contributed by atoms with Crippen LogP contribution in [-0.4, -0.2) is 17.6 Å². The van der Waals surface area contributed by atoms with Crippen molar-refractivity contribution >= 4 is 17.5 Å². The van der Waals surface area contributed by atoms with Gasteiger partial charge in [0.15, 0.2) is 0 Å². The average molecular weight is 257 g/mol. The van der Waals surface area contributed by atoms with Crippen molar-refractivity contribution in [1.82, 2.24) is 5.32 Å². The van der Waals surface area contributed by atoms with Gasteiger partial charge < -0.3 is 16.2 Å². The van der Waals surface area contributed by atoms with Crippen molar-refractivity contribution in [2.24, 2.45) is 5.73 Å². The van der Waals surface area contributed by atoms with E-state index in [1.165, 1.54) is 0 Å². The van der Waals surface area contributed by atoms with Crippen LogP contribution in [0.4, 0.5) is 0 Å². The number of benzene rings is 1. The molecule has 4 N–H and O–H groups in total. The largest absolute Gasteiger partial charge is 0.508 e. The molecule has 0 radical (unpaired) electrons. The van der Waals surface area contributed by atoms with E-state index in [0.717, 1.165) is 24.9 Å². The van der Waals surface area contributed by atoms with Gasteiger partial charge in [-0.3, -0.25) is 4.79 Å². The summed E-state index contributed by atoms with van der Waals surface area (Å²) >= 11 is 5.82. The third-order valence-corrected chi connectivity index (χ3v) is 2.62. The van der Waals surface area contributed by atoms with Gasteiger partial charge in [-0.15, -0.1) is 0 Å². The highest BCUT2D eigenvalue weighted by Gasteiger charge is 2.01. The van der Waals surface area contributed by atoms with Gasteiger partial charge in [-0.05, 0) is 37.6 Å². The van der Waals surface area contributed by atoms with Crippen molar-refractivity contribution in [3.05, 3.63) is 28.8 Å². The fraction of sp³-hybridized carbons (Fsp3) is 0.417. The standard InChI is InChI=1S/C12H17ClN2O2/c13-10-4-5-11(16)9(7-10)8-15-6-2-1-3-12(14)17/h4-5,7,15-16H,1-3,6,8H2,(H2,14,17). The summed E-state index contributed by atoms with van der Waals surface area (Å²) in [5, 5.41) is 13.3. The van der Waals surface area contributed by atoms with Gasteiger partial charge in [-0.1, -0.05) is 11.6 Å². The van der Waals surface area contributed by atoms with Crippen molar-refractivity contribution in [3.63, 3.8) is 0 Å². The van der Waals surface area contributed by atoms with E-state index in [9.17, 15) is 9.90 Å². The van der Waals surface area contributed by atoms with Gasteiger partial charge in [0, 0.05) is 23.6 Å². The average Bonchev–Trinajstić information content (AvgIpc) is 2.27. The predicted molar refractivity (Wildman–Crippen MR) is 67.9 cm³/mol. The van der Waals surface area contributed by atoms with Gasteiger partial charge in [0.2, 0.25) is 5.91 Å². The number of phenols is 1. The Labute approximate surface area is 106 Å². The van der Waals surface area contributed by atoms with Gasteiger partial charge in [-0.25, -0.2) is 0 Å². The summed E-state index contributed by atoms with van der Waals surface area (Å²) < 4.78 is 0. The number of hydrogen-bond donors (Lipinski definition) is 3. The second-order valence-corrected chi connectivity index (χ2v) is 4.31. The first-order valence-electron chi connectivity index (χ1n) is 5.56. The van der Waals surface area contributed by atoms with Gasteiger partial charge in [0.05, 0.1) is 0 Å². The zero-order chi connectivity index (χ0) is 12.7. The molecule has 0 fully saturated rings. The molecule has 5 heteroatoms. The van der Waals surface area contributed by atoms with Crippen LogP contribution in [0.15, 0.2) is 18.2 Å². The first-order chi connectivity index (χ1) is 8.09. The van der Waals surface area contributed by atoms with Crippen molar-refractivity contribution in [3.8, 4) is 5.75 Å². The predicted octanol–water partition coefficient (Wildman–Crippen LogP) is 1.79. The molecule has 0 spiro atoms. The number of amides is 1. The van der Waals surface area contributed by atoms with Crippen molar-refractivity contribution in [2.45, 2.75) is 25.8 Å². The minimum Gasteiger partial charge on any atom is -0.508 e. The molecule has 0 heterocycles. The van der Waals surface area contributed by atoms with E-state index >= 15 is 0 Å². The Balaban J connectivity index is 2.22. The molecule has 0 aliphatic carbocycles. The third kappa shape index (κ3) is 5.56. The number of nitrogens with two attached hydrogens (primary N) is 1. The first-order valence-corrected chi connectivity index (χ1v) is 5.94. The minimum atomic E-state index is -0.266. The Hall–Kier alpha value is -1.26. The third-order valence-electron chi connectivity index (χ3n) is 2.38. The van der Waals surface area contributed by atoms with Crippen molar-refractivity contribution < 1.29 is 9.90 Å². The second-order valence-electron chi connectivity index (χ2n) is 3.87. The van der Waals surface area contributed by atoms with E-state index in [-0.39, 0.29) is 11.7 Å². The molecule has 0 saturated carbocycles. The van der Waals surface area contributed by atoms with Crippen LogP contribution in [0.25, 0.3) is 0 Å². The molecule has 0 aliphatic heterocycles. The summed E-state index contributed by atoms with van der Waals surface area (Å²) in [5.74, 6) is -0.0310. The molecule has 0 atom stereocenters. The van der Waals surface area contributed by atoms with Gasteiger partial charge in [0.25, 0.3) is 0 Å². The monoisotopic (exact) mass is 256 g/mol. The highest BCUT2D eigenvalue weighted by Crippen LogP contribution is 2.20. The summed E-state index contributed by atoms with van der Waals surface area (Å²) in [6.45, 7) is 1.34. The molecule has 4 nitrogen and oxygen atoms in total. The van der Waals surface area contributed by atoms with Crippen molar-refractivity contribution in [1.29, 1.82) is 0 Å². The van der Waals surface area contributed by atoms with Gasteiger partial charge >= 0.3 is 0 Å². The number of aromatic hydroxyl groups is 1. The number of rotatable bonds is 7. The summed E-state index contributed by atoms with van der Waals surface area (Å²) in [7, 11) is 0. The number of carbonyl (C=O) groups is 1. The Morgan fingerprint density at radius 1 is 1.41 bits per heavy atom. The minimum absolute atomic E-state index is 0.235. The van der Waals surface area contributed by atoms with E-state index in [4.69, 9.17) is 17.3 Å². The highest BCUT2D eigenvalue weighted by molar-refractivity contribution is 6.30. The molecule has 0 bridgehead atoms. The lowest BCUT2D eigenvalue weighted by Gasteiger charge is -2.07. The number of halogens is 1. The lowest BCUT2D eigenvalue weighted by atomic mass is 10.2. The second kappa shape index (κ2) is 7.14. The molecule has 1 aromatic rings. The normalized spacial score (nSPS) is 10.4. The molecule has 1 amide bonds. The molecule has 1 aromatic carbocycles. The van der Waals surface area contributed by atoms with Crippen LogP contribution in [0.5, 0.6) is 5.75 Å². The number of unbranched alkanes of at least 4 members (excludes halogenated alkanes) is 1. The Morgan fingerprint density at radius 3 is 2.88 bits per heavy atom. The summed E-state index contributed by atoms with van der Waals surface area (Å²) in [5.41, 5.74) is 5.80. The molecule has 1 rings (SSSR count). The van der Waals surface area contributed by atoms with E-state index in [1.54, 1.807) is 18.2 Å². The SMILES string of the molecule is NC(=O)CCCCNCc1cc(Cl)ccc1O. The van der Waals surface area contributed by atoms with Crippen LogP contribution in [0, 0.1) is 0 Å². The van der Waals surface area contributed by atoms with Gasteiger partial charge in [0.1, 0.15) is 5.75 Å². The zero-order valence-corrected chi connectivity index (χ0v) is 10.3. The quantitative estimate of drug-likeness (QED) is 0.651. The Bertz CT molecular complexity index is 383. The summed E-state index contributed by atoms with van der Waals surface area (Å²) in [6, 6.07) is 4.95. The summed E-state index contributed by atoms with van der Waals surface area (Å²) in [4.78, 5) is 10.5. The van der Waals surface area contributed by atoms with Crippen LogP contribution < -0.4 is 11.1 Å². The highest BCUT2D eigenvalue weighted by atomic mass is 35.5. The topological polar surface area (TPSA) is 75.4 Å². The Kier molecular flexibility index (Phi) is 5.80. The Morgan fingerprint density at radius 2 is 2.18 bits per heavy atom. The summed E-state index contributed by atoms with van der Waals surface area (Å²) in [6.07, 6.45) is 2.08. The molecular weight excluding hydrogens is 240 g/mol. The maximum absolute atomic E-state index is 10.5. The molecule has 0 aliphatic rings. The molecule has 94 valence electrons. The van der Waals surface area contributed by atoms with Crippen LogP contribution in [0.1, 0.15) is 24.8 Å². The maximum Gasteiger partial charge on any atom is 0.217 e. The van der Waals surface area contributed by atoms with E-state index in [0.29, 0.717) is 18.0 Å². The van der Waals surface area contributed by atoms with E-state index in [1.807, 2.05) is 0 Å². The van der Waals surface area contributed by atoms with Crippen molar-refractivity contribution in [2.75, 3.05) is 6.54 Å². The molecule has 0 unspecified atom stereocenters. The zero-order valence-electron chi connectivity index (χ0n) is 9.58. The van der Waals surface area contributed by atoms with Crippen LogP contribution in [0.3, 0.4) is 0 Å². The smallest absolute Gasteiger partial charge is 0.217 e. The maximum atomic E-state index is 10.5. The van der Waals surface area contributed by atoms with Crippen LogP contribution in [0.2, 0.25) is 5.02 Å². The molecular formula is C12H17ClN2O2. The number of hydrogen-bond acceptors (Lipinski definition) is 3. The first kappa shape index (κ1) is 13.8. The van der Waals surface area contributed by atoms with E-state index in [2.05, 4.69) is 5.32 Å². The number of phenolic OH excluding ortho intramolecular Hbond substituents is 1.